The van der Waals surface area contributed by atoms with E-state index in [1.807, 2.05) is 6.92 Å². The van der Waals surface area contributed by atoms with E-state index in [4.69, 9.17) is 5.73 Å². The van der Waals surface area contributed by atoms with E-state index in [0.29, 0.717) is 11.3 Å². The zero-order chi connectivity index (χ0) is 14.0. The first-order valence-corrected chi connectivity index (χ1v) is 6.39. The lowest BCUT2D eigenvalue weighted by molar-refractivity contribution is 0.102. The summed E-state index contributed by atoms with van der Waals surface area (Å²) < 4.78 is 14.0. The second-order valence-electron chi connectivity index (χ2n) is 4.15. The zero-order valence-corrected chi connectivity index (χ0v) is 11.8. The van der Waals surface area contributed by atoms with Gasteiger partial charge in [0, 0.05) is 10.0 Å². The Balaban J connectivity index is 2.25. The Morgan fingerprint density at radius 1 is 1.26 bits per heavy atom. The molecule has 0 fully saturated rings. The summed E-state index contributed by atoms with van der Waals surface area (Å²) in [7, 11) is 0. The number of hydrogen-bond acceptors (Lipinski definition) is 2. The molecule has 0 spiro atoms. The molecule has 2 rings (SSSR count). The van der Waals surface area contributed by atoms with Crippen molar-refractivity contribution >= 4 is 33.2 Å². The van der Waals surface area contributed by atoms with Crippen LogP contribution >= 0.6 is 15.9 Å². The number of aryl methyl sites for hydroxylation is 1. The molecule has 0 saturated heterocycles. The fraction of sp³-hybridized carbons (Fsp3) is 0.0714. The predicted molar refractivity (Wildman–Crippen MR) is 77.6 cm³/mol. The summed E-state index contributed by atoms with van der Waals surface area (Å²) in [5.74, 6) is -0.774. The standard InChI is InChI=1S/C14H12BrFN2O/c1-8-6-9(2-4-11(8)15)14(19)18-13-7-10(16)3-5-12(13)17/h2-7H,17H2,1H3,(H,18,19). The Morgan fingerprint density at radius 2 is 2.00 bits per heavy atom. The van der Waals surface area contributed by atoms with Gasteiger partial charge in [-0.3, -0.25) is 4.79 Å². The third-order valence-corrected chi connectivity index (χ3v) is 3.57. The Morgan fingerprint density at radius 3 is 2.68 bits per heavy atom. The van der Waals surface area contributed by atoms with E-state index < -0.39 is 5.82 Å². The van der Waals surface area contributed by atoms with Crippen LogP contribution in [0.15, 0.2) is 40.9 Å². The molecule has 1 amide bonds. The molecule has 98 valence electrons. The van der Waals surface area contributed by atoms with Gasteiger partial charge in [0.2, 0.25) is 0 Å². The van der Waals surface area contributed by atoms with Gasteiger partial charge in [-0.2, -0.15) is 0 Å². The average molecular weight is 323 g/mol. The highest BCUT2D eigenvalue weighted by Gasteiger charge is 2.10. The monoisotopic (exact) mass is 322 g/mol. The topological polar surface area (TPSA) is 55.1 Å². The normalized spacial score (nSPS) is 10.3. The minimum atomic E-state index is -0.448. The van der Waals surface area contributed by atoms with E-state index in [1.54, 1.807) is 18.2 Å². The number of carbonyl (C=O) groups excluding carboxylic acids is 1. The van der Waals surface area contributed by atoms with Gasteiger partial charge in [0.25, 0.3) is 5.91 Å². The Hall–Kier alpha value is -1.88. The van der Waals surface area contributed by atoms with E-state index in [2.05, 4.69) is 21.2 Å². The highest BCUT2D eigenvalue weighted by molar-refractivity contribution is 9.10. The van der Waals surface area contributed by atoms with Crippen LogP contribution in [0.25, 0.3) is 0 Å². The maximum atomic E-state index is 13.1. The number of nitrogens with one attached hydrogen (secondary N) is 1. The van der Waals surface area contributed by atoms with Gasteiger partial charge in [-0.15, -0.1) is 0 Å². The smallest absolute Gasteiger partial charge is 0.255 e. The molecule has 3 N–H and O–H groups in total. The molecule has 0 heterocycles. The van der Waals surface area contributed by atoms with Crippen molar-refractivity contribution in [3.63, 3.8) is 0 Å². The molecular weight excluding hydrogens is 311 g/mol. The molecule has 2 aromatic carbocycles. The van der Waals surface area contributed by atoms with Crippen LogP contribution in [0.3, 0.4) is 0 Å². The summed E-state index contributed by atoms with van der Waals surface area (Å²) in [6.07, 6.45) is 0. The molecule has 0 atom stereocenters. The van der Waals surface area contributed by atoms with Crippen molar-refractivity contribution in [2.45, 2.75) is 6.92 Å². The number of amides is 1. The third-order valence-electron chi connectivity index (χ3n) is 2.68. The van der Waals surface area contributed by atoms with E-state index in [0.717, 1.165) is 10.0 Å². The lowest BCUT2D eigenvalue weighted by Gasteiger charge is -2.09. The van der Waals surface area contributed by atoms with E-state index in [1.165, 1.54) is 18.2 Å². The average Bonchev–Trinajstić information content (AvgIpc) is 2.37. The summed E-state index contributed by atoms with van der Waals surface area (Å²) >= 11 is 3.37. The molecule has 0 unspecified atom stereocenters. The van der Waals surface area contributed by atoms with Gasteiger partial charge in [0.1, 0.15) is 5.82 Å². The van der Waals surface area contributed by atoms with Gasteiger partial charge in [-0.05, 0) is 48.9 Å². The molecule has 0 aliphatic heterocycles. The summed E-state index contributed by atoms with van der Waals surface area (Å²) in [5, 5.41) is 2.59. The molecule has 0 aliphatic carbocycles. The number of nitrogen functional groups attached to an aromatic ring is 1. The largest absolute Gasteiger partial charge is 0.397 e. The van der Waals surface area contributed by atoms with Crippen molar-refractivity contribution in [2.75, 3.05) is 11.1 Å². The number of hydrogen-bond donors (Lipinski definition) is 2. The van der Waals surface area contributed by atoms with Gasteiger partial charge in [0.05, 0.1) is 11.4 Å². The van der Waals surface area contributed by atoms with Crippen LogP contribution in [0.1, 0.15) is 15.9 Å². The molecule has 5 heteroatoms. The quantitative estimate of drug-likeness (QED) is 0.828. The molecular formula is C14H12BrFN2O. The maximum absolute atomic E-state index is 13.1. The van der Waals surface area contributed by atoms with Gasteiger partial charge in [-0.1, -0.05) is 15.9 Å². The first kappa shape index (κ1) is 13.5. The van der Waals surface area contributed by atoms with Crippen molar-refractivity contribution in [1.82, 2.24) is 0 Å². The Bertz CT molecular complexity index is 643. The SMILES string of the molecule is Cc1cc(C(=O)Nc2cc(F)ccc2N)ccc1Br. The highest BCUT2D eigenvalue weighted by atomic mass is 79.9. The first-order chi connectivity index (χ1) is 8.97. The fourth-order valence-electron chi connectivity index (χ4n) is 1.62. The first-order valence-electron chi connectivity index (χ1n) is 5.60. The summed E-state index contributed by atoms with van der Waals surface area (Å²) in [6.45, 7) is 1.89. The lowest BCUT2D eigenvalue weighted by atomic mass is 10.1. The summed E-state index contributed by atoms with van der Waals surface area (Å²) in [6, 6.07) is 9.07. The molecule has 3 nitrogen and oxygen atoms in total. The second-order valence-corrected chi connectivity index (χ2v) is 5.00. The molecule has 0 radical (unpaired) electrons. The number of benzene rings is 2. The van der Waals surface area contributed by atoms with Crippen LogP contribution in [-0.2, 0) is 0 Å². The number of rotatable bonds is 2. The maximum Gasteiger partial charge on any atom is 0.255 e. The Labute approximate surface area is 118 Å². The van der Waals surface area contributed by atoms with Gasteiger partial charge in [0.15, 0.2) is 0 Å². The Kier molecular flexibility index (Phi) is 3.85. The van der Waals surface area contributed by atoms with Crippen LogP contribution < -0.4 is 11.1 Å². The van der Waals surface area contributed by atoms with Crippen molar-refractivity contribution < 1.29 is 9.18 Å². The molecule has 0 aliphatic rings. The van der Waals surface area contributed by atoms with Crippen molar-refractivity contribution in [1.29, 1.82) is 0 Å². The number of nitrogens with two attached hydrogens (primary N) is 1. The highest BCUT2D eigenvalue weighted by Crippen LogP contribution is 2.21. The zero-order valence-electron chi connectivity index (χ0n) is 10.2. The second kappa shape index (κ2) is 5.40. The number of carbonyl (C=O) groups is 1. The fourth-order valence-corrected chi connectivity index (χ4v) is 1.86. The summed E-state index contributed by atoms with van der Waals surface area (Å²) in [4.78, 5) is 12.0. The number of halogens is 2. The summed E-state index contributed by atoms with van der Waals surface area (Å²) in [5.41, 5.74) is 7.71. The van der Waals surface area contributed by atoms with E-state index in [9.17, 15) is 9.18 Å². The van der Waals surface area contributed by atoms with Crippen LogP contribution in [0.2, 0.25) is 0 Å². The van der Waals surface area contributed by atoms with E-state index >= 15 is 0 Å². The molecule has 2 aromatic rings. The van der Waals surface area contributed by atoms with Crippen molar-refractivity contribution in [3.05, 3.63) is 57.8 Å². The van der Waals surface area contributed by atoms with Crippen molar-refractivity contribution in [3.8, 4) is 0 Å². The van der Waals surface area contributed by atoms with Crippen LogP contribution in [0.5, 0.6) is 0 Å². The third kappa shape index (κ3) is 3.12. The van der Waals surface area contributed by atoms with Crippen LogP contribution in [0.4, 0.5) is 15.8 Å². The lowest BCUT2D eigenvalue weighted by Crippen LogP contribution is -2.13. The molecule has 0 bridgehead atoms. The minimum absolute atomic E-state index is 0.269. The van der Waals surface area contributed by atoms with Crippen LogP contribution in [-0.4, -0.2) is 5.91 Å². The molecule has 0 aromatic heterocycles. The molecule has 19 heavy (non-hydrogen) atoms. The minimum Gasteiger partial charge on any atom is -0.397 e. The van der Waals surface area contributed by atoms with Gasteiger partial charge < -0.3 is 11.1 Å². The van der Waals surface area contributed by atoms with E-state index in [-0.39, 0.29) is 11.6 Å². The van der Waals surface area contributed by atoms with Crippen LogP contribution in [0, 0.1) is 12.7 Å². The number of anilines is 2. The van der Waals surface area contributed by atoms with Gasteiger partial charge >= 0.3 is 0 Å². The predicted octanol–water partition coefficient (Wildman–Crippen LogP) is 3.73. The van der Waals surface area contributed by atoms with Gasteiger partial charge in [-0.25, -0.2) is 4.39 Å². The molecule has 0 saturated carbocycles. The van der Waals surface area contributed by atoms with Crippen molar-refractivity contribution in [2.24, 2.45) is 0 Å².